The Morgan fingerprint density at radius 2 is 2.15 bits per heavy atom. The van der Waals surface area contributed by atoms with Gasteiger partial charge in [0.05, 0.1) is 11.6 Å². The second-order valence-corrected chi connectivity index (χ2v) is 3.91. The van der Waals surface area contributed by atoms with Crippen LogP contribution in [0.1, 0.15) is 5.56 Å². The van der Waals surface area contributed by atoms with E-state index >= 15 is 0 Å². The number of thiophene rings is 1. The molecule has 0 saturated heterocycles. The van der Waals surface area contributed by atoms with E-state index < -0.39 is 0 Å². The number of aliphatic hydroxyl groups excluding tert-OH is 1. The smallest absolute Gasteiger partial charge is 0.132 e. The lowest BCUT2D eigenvalue weighted by Crippen LogP contribution is -1.84. The van der Waals surface area contributed by atoms with Crippen molar-refractivity contribution in [1.29, 1.82) is 0 Å². The van der Waals surface area contributed by atoms with Crippen molar-refractivity contribution in [2.24, 2.45) is 0 Å². The quantitative estimate of drug-likeness (QED) is 0.735. The first-order valence-electron chi connectivity index (χ1n) is 3.79. The number of hydrogen-bond donors (Lipinski definition) is 2. The molecule has 0 atom stereocenters. The van der Waals surface area contributed by atoms with Crippen molar-refractivity contribution in [3.05, 3.63) is 29.6 Å². The Labute approximate surface area is 78.4 Å². The largest absolute Gasteiger partial charge is 0.392 e. The van der Waals surface area contributed by atoms with Gasteiger partial charge in [0, 0.05) is 10.1 Å². The Morgan fingerprint density at radius 3 is 2.85 bits per heavy atom. The average molecular weight is 197 g/mol. The number of rotatable bonds is 1. The summed E-state index contributed by atoms with van der Waals surface area (Å²) in [7, 11) is 0. The molecule has 0 bridgehead atoms. The summed E-state index contributed by atoms with van der Waals surface area (Å²) in [4.78, 5) is 0. The Hall–Kier alpha value is -1.13. The van der Waals surface area contributed by atoms with Gasteiger partial charge in [-0.05, 0) is 23.8 Å². The summed E-state index contributed by atoms with van der Waals surface area (Å²) >= 11 is 1.32. The maximum absolute atomic E-state index is 13.3. The van der Waals surface area contributed by atoms with E-state index in [-0.39, 0.29) is 12.4 Å². The highest BCUT2D eigenvalue weighted by Crippen LogP contribution is 2.30. The third-order valence-corrected chi connectivity index (χ3v) is 2.76. The van der Waals surface area contributed by atoms with Crippen molar-refractivity contribution in [2.75, 3.05) is 5.73 Å². The van der Waals surface area contributed by atoms with Gasteiger partial charge in [-0.3, -0.25) is 0 Å². The topological polar surface area (TPSA) is 46.2 Å². The second-order valence-electron chi connectivity index (χ2n) is 2.80. The van der Waals surface area contributed by atoms with Crippen LogP contribution < -0.4 is 5.73 Å². The molecule has 68 valence electrons. The molecule has 13 heavy (non-hydrogen) atoms. The molecule has 1 heterocycles. The summed E-state index contributed by atoms with van der Waals surface area (Å²) in [5.74, 6) is -0.325. The number of anilines is 1. The molecule has 1 aromatic carbocycles. The lowest BCUT2D eigenvalue weighted by molar-refractivity contribution is 0.281. The van der Waals surface area contributed by atoms with Crippen molar-refractivity contribution < 1.29 is 9.50 Å². The first-order valence-corrected chi connectivity index (χ1v) is 4.60. The molecule has 4 heteroatoms. The number of hydrogen-bond acceptors (Lipinski definition) is 3. The van der Waals surface area contributed by atoms with E-state index in [9.17, 15) is 4.39 Å². The molecule has 0 aliphatic carbocycles. The van der Waals surface area contributed by atoms with Gasteiger partial charge in [0.2, 0.25) is 0 Å². The van der Waals surface area contributed by atoms with Crippen molar-refractivity contribution in [3.8, 4) is 0 Å². The summed E-state index contributed by atoms with van der Waals surface area (Å²) in [6.45, 7) is -0.148. The molecule has 2 aromatic rings. The highest BCUT2D eigenvalue weighted by Gasteiger charge is 2.06. The van der Waals surface area contributed by atoms with Gasteiger partial charge in [-0.1, -0.05) is 0 Å². The molecule has 0 radical (unpaired) electrons. The minimum absolute atomic E-state index is 0.148. The van der Waals surface area contributed by atoms with Gasteiger partial charge in [-0.15, -0.1) is 11.3 Å². The molecule has 0 amide bonds. The Morgan fingerprint density at radius 1 is 1.38 bits per heavy atom. The zero-order chi connectivity index (χ0) is 9.42. The van der Waals surface area contributed by atoms with Crippen LogP contribution in [0.4, 0.5) is 9.39 Å². The predicted octanol–water partition coefficient (Wildman–Crippen LogP) is 2.11. The molecule has 0 spiro atoms. The maximum atomic E-state index is 13.3. The van der Waals surface area contributed by atoms with Gasteiger partial charge < -0.3 is 10.8 Å². The molecular formula is C9H8FNOS. The van der Waals surface area contributed by atoms with Crippen molar-refractivity contribution in [2.45, 2.75) is 6.61 Å². The maximum Gasteiger partial charge on any atom is 0.132 e. The molecule has 0 aliphatic heterocycles. The van der Waals surface area contributed by atoms with E-state index in [1.165, 1.54) is 17.4 Å². The van der Waals surface area contributed by atoms with Gasteiger partial charge in [0.1, 0.15) is 5.82 Å². The second kappa shape index (κ2) is 2.97. The highest BCUT2D eigenvalue weighted by atomic mass is 32.1. The lowest BCUT2D eigenvalue weighted by Gasteiger charge is -1.96. The van der Waals surface area contributed by atoms with Gasteiger partial charge in [0.25, 0.3) is 0 Å². The molecule has 0 fully saturated rings. The van der Waals surface area contributed by atoms with Crippen LogP contribution in [-0.2, 0) is 6.61 Å². The molecule has 0 unspecified atom stereocenters. The first kappa shape index (κ1) is 8.47. The van der Waals surface area contributed by atoms with Gasteiger partial charge in [-0.2, -0.15) is 0 Å². The lowest BCUT2D eigenvalue weighted by atomic mass is 10.2. The van der Waals surface area contributed by atoms with Crippen LogP contribution >= 0.6 is 11.3 Å². The van der Waals surface area contributed by atoms with Crippen LogP contribution in [0.5, 0.6) is 0 Å². The van der Waals surface area contributed by atoms with Crippen LogP contribution in [0, 0.1) is 5.82 Å². The monoisotopic (exact) mass is 197 g/mol. The van der Waals surface area contributed by atoms with Crippen molar-refractivity contribution >= 4 is 26.4 Å². The zero-order valence-corrected chi connectivity index (χ0v) is 7.57. The van der Waals surface area contributed by atoms with Crippen molar-refractivity contribution in [1.82, 2.24) is 0 Å². The number of nitrogen functional groups attached to an aromatic ring is 1. The summed E-state index contributed by atoms with van der Waals surface area (Å²) in [6.07, 6.45) is 0. The third kappa shape index (κ3) is 1.38. The van der Waals surface area contributed by atoms with Crippen LogP contribution in [0.2, 0.25) is 0 Å². The standard InChI is InChI=1S/C9H8FNOS/c10-7-1-5(4-12)2-8-6(7)3-9(11)13-8/h1-3,12H,4,11H2. The fourth-order valence-corrected chi connectivity index (χ4v) is 2.17. The van der Waals surface area contributed by atoms with Crippen LogP contribution in [0.25, 0.3) is 10.1 Å². The fraction of sp³-hybridized carbons (Fsp3) is 0.111. The van der Waals surface area contributed by atoms with Gasteiger partial charge in [-0.25, -0.2) is 4.39 Å². The van der Waals surface area contributed by atoms with Crippen LogP contribution in [0.15, 0.2) is 18.2 Å². The number of aliphatic hydroxyl groups is 1. The Bertz CT molecular complexity index is 452. The van der Waals surface area contributed by atoms with Crippen LogP contribution in [0.3, 0.4) is 0 Å². The van der Waals surface area contributed by atoms with E-state index in [0.717, 1.165) is 4.70 Å². The molecule has 1 aromatic heterocycles. The minimum atomic E-state index is -0.325. The molecule has 0 saturated carbocycles. The molecule has 2 nitrogen and oxygen atoms in total. The van der Waals surface area contributed by atoms with E-state index in [0.29, 0.717) is 16.0 Å². The fourth-order valence-electron chi connectivity index (χ4n) is 1.26. The summed E-state index contributed by atoms with van der Waals surface area (Å²) in [5, 5.41) is 9.95. The Balaban J connectivity index is 2.75. The number of halogens is 1. The van der Waals surface area contributed by atoms with E-state index in [4.69, 9.17) is 10.8 Å². The summed E-state index contributed by atoms with van der Waals surface area (Å²) < 4.78 is 14.1. The molecule has 0 aliphatic rings. The third-order valence-electron chi connectivity index (χ3n) is 1.85. The Kier molecular flexibility index (Phi) is 1.94. The first-order chi connectivity index (χ1) is 6.20. The SMILES string of the molecule is Nc1cc2c(F)cc(CO)cc2s1. The highest BCUT2D eigenvalue weighted by molar-refractivity contribution is 7.22. The summed E-state index contributed by atoms with van der Waals surface area (Å²) in [5.41, 5.74) is 6.12. The number of fused-ring (bicyclic) bond motifs is 1. The molecule has 3 N–H and O–H groups in total. The average Bonchev–Trinajstić information content (AvgIpc) is 2.46. The minimum Gasteiger partial charge on any atom is -0.392 e. The van der Waals surface area contributed by atoms with Gasteiger partial charge >= 0.3 is 0 Å². The molecular weight excluding hydrogens is 189 g/mol. The zero-order valence-electron chi connectivity index (χ0n) is 6.75. The number of nitrogens with two attached hydrogens (primary N) is 1. The normalized spacial score (nSPS) is 10.9. The van der Waals surface area contributed by atoms with Gasteiger partial charge in [0.15, 0.2) is 0 Å². The molecule has 2 rings (SSSR count). The van der Waals surface area contributed by atoms with Crippen LogP contribution in [-0.4, -0.2) is 5.11 Å². The van der Waals surface area contributed by atoms with E-state index in [1.54, 1.807) is 12.1 Å². The van der Waals surface area contributed by atoms with Crippen molar-refractivity contribution in [3.63, 3.8) is 0 Å². The van der Waals surface area contributed by atoms with E-state index in [2.05, 4.69) is 0 Å². The number of benzene rings is 1. The predicted molar refractivity (Wildman–Crippen MR) is 52.1 cm³/mol. The summed E-state index contributed by atoms with van der Waals surface area (Å²) in [6, 6.07) is 4.68. The van der Waals surface area contributed by atoms with E-state index in [1.807, 2.05) is 0 Å².